The highest BCUT2D eigenvalue weighted by molar-refractivity contribution is 5.19. The number of benzene rings is 2. The monoisotopic (exact) mass is 372 g/mol. The Bertz CT molecular complexity index is 739. The molecule has 2 aromatic carbocycles. The molecule has 2 fully saturated rings. The van der Waals surface area contributed by atoms with E-state index in [9.17, 15) is 10.2 Å². The Hall–Kier alpha value is -1.80. The quantitative estimate of drug-likeness (QED) is 0.858. The topological polar surface area (TPSA) is 77.4 Å². The lowest BCUT2D eigenvalue weighted by Crippen LogP contribution is -2.65. The van der Waals surface area contributed by atoms with Crippen LogP contribution in [0, 0.1) is 0 Å². The van der Waals surface area contributed by atoms with Crippen molar-refractivity contribution in [1.82, 2.24) is 0 Å². The molecule has 6 nitrogen and oxygen atoms in total. The molecule has 27 heavy (non-hydrogen) atoms. The molecule has 0 radical (unpaired) electrons. The standard InChI is InChI=1S/C21H24O6/c1-21(17(23)12-22)18-16(25-20(27-21)15-10-6-3-7-11-15)13-24-19(26-18)14-8-4-2-5-9-14/h2-11,16-20,22-23H,12-13H2,1H3/t16-,17+,18+,19?,20?,21+/m0/s1. The van der Waals surface area contributed by atoms with Gasteiger partial charge in [-0.15, -0.1) is 0 Å². The third-order valence-electron chi connectivity index (χ3n) is 5.22. The van der Waals surface area contributed by atoms with Gasteiger partial charge in [-0.3, -0.25) is 0 Å². The minimum atomic E-state index is -1.16. The van der Waals surface area contributed by atoms with E-state index in [-0.39, 0.29) is 0 Å². The molecule has 0 amide bonds. The summed E-state index contributed by atoms with van der Waals surface area (Å²) in [5.41, 5.74) is 0.550. The Balaban J connectivity index is 1.62. The first-order chi connectivity index (χ1) is 13.1. The molecule has 2 saturated heterocycles. The smallest absolute Gasteiger partial charge is 0.185 e. The zero-order valence-corrected chi connectivity index (χ0v) is 15.1. The van der Waals surface area contributed by atoms with Crippen LogP contribution in [0.3, 0.4) is 0 Å². The lowest BCUT2D eigenvalue weighted by atomic mass is 9.86. The van der Waals surface area contributed by atoms with E-state index in [4.69, 9.17) is 18.9 Å². The molecule has 6 atom stereocenters. The largest absolute Gasteiger partial charge is 0.394 e. The molecule has 144 valence electrons. The predicted molar refractivity (Wildman–Crippen MR) is 96.6 cm³/mol. The van der Waals surface area contributed by atoms with Crippen LogP contribution in [0.15, 0.2) is 60.7 Å². The van der Waals surface area contributed by atoms with Gasteiger partial charge in [0.25, 0.3) is 0 Å². The molecule has 0 saturated carbocycles. The highest BCUT2D eigenvalue weighted by Gasteiger charge is 2.55. The van der Waals surface area contributed by atoms with Crippen LogP contribution in [-0.4, -0.2) is 47.3 Å². The van der Waals surface area contributed by atoms with Crippen molar-refractivity contribution in [2.24, 2.45) is 0 Å². The van der Waals surface area contributed by atoms with E-state index in [0.717, 1.165) is 11.1 Å². The lowest BCUT2D eigenvalue weighted by Gasteiger charge is -2.52. The maximum absolute atomic E-state index is 10.6. The highest BCUT2D eigenvalue weighted by Crippen LogP contribution is 2.44. The Morgan fingerprint density at radius 1 is 0.963 bits per heavy atom. The third kappa shape index (κ3) is 3.52. The van der Waals surface area contributed by atoms with Crippen molar-refractivity contribution in [2.45, 2.75) is 43.4 Å². The molecule has 0 aliphatic carbocycles. The predicted octanol–water partition coefficient (Wildman–Crippen LogP) is 2.33. The van der Waals surface area contributed by atoms with Gasteiger partial charge in [-0.1, -0.05) is 60.7 Å². The van der Waals surface area contributed by atoms with Crippen LogP contribution in [0.2, 0.25) is 0 Å². The van der Waals surface area contributed by atoms with Crippen LogP contribution in [0.25, 0.3) is 0 Å². The summed E-state index contributed by atoms with van der Waals surface area (Å²) in [5, 5.41) is 20.2. The fourth-order valence-corrected chi connectivity index (χ4v) is 3.62. The van der Waals surface area contributed by atoms with Crippen LogP contribution in [0.1, 0.15) is 30.6 Å². The molecule has 0 bridgehead atoms. The fourth-order valence-electron chi connectivity index (χ4n) is 3.62. The third-order valence-corrected chi connectivity index (χ3v) is 5.22. The SMILES string of the molecule is C[C@]1([C@H](O)CO)OC(c2ccccc2)O[C@H]2COC(c3ccccc3)O[C@H]21. The average Bonchev–Trinajstić information content (AvgIpc) is 2.74. The van der Waals surface area contributed by atoms with Crippen molar-refractivity contribution in [3.63, 3.8) is 0 Å². The first-order valence-electron chi connectivity index (χ1n) is 9.11. The zero-order chi connectivity index (χ0) is 18.9. The van der Waals surface area contributed by atoms with Crippen LogP contribution in [0.4, 0.5) is 0 Å². The van der Waals surface area contributed by atoms with E-state index in [1.807, 2.05) is 60.7 Å². The minimum absolute atomic E-state index is 0.296. The van der Waals surface area contributed by atoms with Gasteiger partial charge in [0.05, 0.1) is 13.2 Å². The molecule has 2 aromatic rings. The Kier molecular flexibility index (Phi) is 5.27. The second-order valence-corrected chi connectivity index (χ2v) is 7.05. The van der Waals surface area contributed by atoms with E-state index in [1.165, 1.54) is 0 Å². The van der Waals surface area contributed by atoms with E-state index in [2.05, 4.69) is 0 Å². The van der Waals surface area contributed by atoms with Gasteiger partial charge in [0.2, 0.25) is 0 Å². The van der Waals surface area contributed by atoms with Gasteiger partial charge in [0, 0.05) is 11.1 Å². The van der Waals surface area contributed by atoms with Crippen molar-refractivity contribution in [1.29, 1.82) is 0 Å². The normalized spacial score (nSPS) is 34.6. The molecule has 6 heteroatoms. The van der Waals surface area contributed by atoms with Crippen molar-refractivity contribution in [3.8, 4) is 0 Å². The molecule has 2 N–H and O–H groups in total. The summed E-state index contributed by atoms with van der Waals surface area (Å²) in [6.07, 6.45) is -3.43. The second-order valence-electron chi connectivity index (χ2n) is 7.05. The van der Waals surface area contributed by atoms with Crippen molar-refractivity contribution in [2.75, 3.05) is 13.2 Å². The van der Waals surface area contributed by atoms with E-state index < -0.39 is 43.1 Å². The van der Waals surface area contributed by atoms with Crippen LogP contribution >= 0.6 is 0 Å². The van der Waals surface area contributed by atoms with Gasteiger partial charge >= 0.3 is 0 Å². The first-order valence-corrected chi connectivity index (χ1v) is 9.11. The number of hydrogen-bond donors (Lipinski definition) is 2. The van der Waals surface area contributed by atoms with Gasteiger partial charge in [0.15, 0.2) is 12.6 Å². The summed E-state index contributed by atoms with van der Waals surface area (Å²) in [7, 11) is 0. The van der Waals surface area contributed by atoms with E-state index in [0.29, 0.717) is 6.61 Å². The minimum Gasteiger partial charge on any atom is -0.394 e. The zero-order valence-electron chi connectivity index (χ0n) is 15.1. The Labute approximate surface area is 158 Å². The summed E-state index contributed by atoms with van der Waals surface area (Å²) in [4.78, 5) is 0. The maximum Gasteiger partial charge on any atom is 0.185 e. The number of fused-ring (bicyclic) bond motifs is 1. The average molecular weight is 372 g/mol. The summed E-state index contributed by atoms with van der Waals surface area (Å²) in [6.45, 7) is 1.60. The van der Waals surface area contributed by atoms with Gasteiger partial charge in [-0.2, -0.15) is 0 Å². The number of rotatable bonds is 4. The van der Waals surface area contributed by atoms with Gasteiger partial charge in [-0.05, 0) is 6.92 Å². The van der Waals surface area contributed by atoms with Gasteiger partial charge in [-0.25, -0.2) is 0 Å². The molecule has 4 rings (SSSR count). The second kappa shape index (κ2) is 7.67. The molecule has 2 aliphatic heterocycles. The Morgan fingerprint density at radius 3 is 2.15 bits per heavy atom. The van der Waals surface area contributed by atoms with Crippen LogP contribution in [-0.2, 0) is 18.9 Å². The van der Waals surface area contributed by atoms with Crippen LogP contribution < -0.4 is 0 Å². The van der Waals surface area contributed by atoms with Gasteiger partial charge in [0.1, 0.15) is 23.9 Å². The lowest BCUT2D eigenvalue weighted by molar-refractivity contribution is -0.401. The molecular formula is C21H24O6. The highest BCUT2D eigenvalue weighted by atomic mass is 16.8. The summed E-state index contributed by atoms with van der Waals surface area (Å²) in [5.74, 6) is 0. The van der Waals surface area contributed by atoms with Crippen molar-refractivity contribution in [3.05, 3.63) is 71.8 Å². The number of aliphatic hydroxyl groups is 2. The maximum atomic E-state index is 10.6. The molecule has 2 unspecified atom stereocenters. The van der Waals surface area contributed by atoms with E-state index >= 15 is 0 Å². The number of ether oxygens (including phenoxy) is 4. The summed E-state index contributed by atoms with van der Waals surface area (Å²) in [6, 6.07) is 19.1. The first kappa shape index (κ1) is 18.6. The summed E-state index contributed by atoms with van der Waals surface area (Å²) < 4.78 is 24.3. The molecule has 0 aromatic heterocycles. The van der Waals surface area contributed by atoms with Crippen molar-refractivity contribution >= 4 is 0 Å². The van der Waals surface area contributed by atoms with E-state index in [1.54, 1.807) is 6.92 Å². The molecular weight excluding hydrogens is 348 g/mol. The Morgan fingerprint density at radius 2 is 1.56 bits per heavy atom. The molecule has 2 heterocycles. The molecule has 2 aliphatic rings. The molecule has 0 spiro atoms. The van der Waals surface area contributed by atoms with Gasteiger partial charge < -0.3 is 29.2 Å². The number of aliphatic hydroxyl groups excluding tert-OH is 2. The number of hydrogen-bond acceptors (Lipinski definition) is 6. The van der Waals surface area contributed by atoms with Crippen LogP contribution in [0.5, 0.6) is 0 Å². The fraction of sp³-hybridized carbons (Fsp3) is 0.429. The van der Waals surface area contributed by atoms with Crippen molar-refractivity contribution < 1.29 is 29.2 Å². The summed E-state index contributed by atoms with van der Waals surface area (Å²) >= 11 is 0.